The van der Waals surface area contributed by atoms with Gasteiger partial charge in [-0.25, -0.2) is 4.68 Å². The van der Waals surface area contributed by atoms with Crippen molar-refractivity contribution in [3.63, 3.8) is 0 Å². The van der Waals surface area contributed by atoms with E-state index in [9.17, 15) is 4.79 Å². The molecule has 7 nitrogen and oxygen atoms in total. The van der Waals surface area contributed by atoms with Crippen LogP contribution in [0.5, 0.6) is 0 Å². The summed E-state index contributed by atoms with van der Waals surface area (Å²) >= 11 is 0. The van der Waals surface area contributed by atoms with E-state index in [0.29, 0.717) is 30.3 Å². The average molecular weight is 378 g/mol. The number of aryl methyl sites for hydroxylation is 3. The average Bonchev–Trinajstić information content (AvgIpc) is 2.95. The maximum absolute atomic E-state index is 12.2. The summed E-state index contributed by atoms with van der Waals surface area (Å²) in [6.45, 7) is 11.1. The Morgan fingerprint density at radius 3 is 2.36 bits per heavy atom. The number of rotatable bonds is 6. The third-order valence-corrected chi connectivity index (χ3v) is 5.01. The molecule has 2 aromatic heterocycles. The molecule has 3 aromatic rings. The fraction of sp³-hybridized carbons (Fsp3) is 0.333. The number of nitrogens with one attached hydrogen (secondary N) is 2. The van der Waals surface area contributed by atoms with Gasteiger partial charge in [-0.1, -0.05) is 6.07 Å². The molecule has 1 aromatic carbocycles. The SMILES string of the molecule is Cc1ccc(C(=O)NCCNc2ccc(-n3nc(C)c(C)c3C)nn2)cc1C. The first-order valence-electron chi connectivity index (χ1n) is 9.33. The lowest BCUT2D eigenvalue weighted by Crippen LogP contribution is -2.29. The minimum atomic E-state index is -0.0776. The van der Waals surface area contributed by atoms with Crippen LogP contribution in [0.1, 0.15) is 38.4 Å². The van der Waals surface area contributed by atoms with Crippen LogP contribution < -0.4 is 10.6 Å². The van der Waals surface area contributed by atoms with E-state index in [-0.39, 0.29) is 5.91 Å². The Kier molecular flexibility index (Phi) is 5.73. The predicted molar refractivity (Wildman–Crippen MR) is 110 cm³/mol. The summed E-state index contributed by atoms with van der Waals surface area (Å²) in [6, 6.07) is 9.45. The molecule has 1 amide bonds. The minimum absolute atomic E-state index is 0.0776. The maximum atomic E-state index is 12.2. The molecule has 2 heterocycles. The van der Waals surface area contributed by atoms with Crippen LogP contribution in [-0.2, 0) is 0 Å². The van der Waals surface area contributed by atoms with Gasteiger partial charge in [0.25, 0.3) is 5.91 Å². The second-order valence-corrected chi connectivity index (χ2v) is 6.97. The van der Waals surface area contributed by atoms with E-state index in [2.05, 4.69) is 25.9 Å². The number of anilines is 1. The molecule has 28 heavy (non-hydrogen) atoms. The van der Waals surface area contributed by atoms with Crippen molar-refractivity contribution in [2.24, 2.45) is 0 Å². The van der Waals surface area contributed by atoms with Crippen LogP contribution in [0.25, 0.3) is 5.82 Å². The lowest BCUT2D eigenvalue weighted by atomic mass is 10.1. The monoisotopic (exact) mass is 378 g/mol. The molecule has 0 saturated heterocycles. The smallest absolute Gasteiger partial charge is 0.251 e. The van der Waals surface area contributed by atoms with Gasteiger partial charge in [-0.2, -0.15) is 5.10 Å². The molecule has 2 N–H and O–H groups in total. The minimum Gasteiger partial charge on any atom is -0.367 e. The first-order valence-corrected chi connectivity index (χ1v) is 9.33. The van der Waals surface area contributed by atoms with Crippen LogP contribution in [0.4, 0.5) is 5.82 Å². The normalized spacial score (nSPS) is 10.8. The van der Waals surface area contributed by atoms with Crippen LogP contribution in [0.2, 0.25) is 0 Å². The summed E-state index contributed by atoms with van der Waals surface area (Å²) in [4.78, 5) is 12.2. The van der Waals surface area contributed by atoms with Crippen LogP contribution in [-0.4, -0.2) is 39.0 Å². The van der Waals surface area contributed by atoms with Crippen LogP contribution >= 0.6 is 0 Å². The third kappa shape index (κ3) is 4.19. The van der Waals surface area contributed by atoms with E-state index in [1.807, 2.05) is 65.0 Å². The van der Waals surface area contributed by atoms with Gasteiger partial charge in [-0.3, -0.25) is 4.79 Å². The van der Waals surface area contributed by atoms with Gasteiger partial charge >= 0.3 is 0 Å². The number of benzene rings is 1. The Morgan fingerprint density at radius 2 is 1.75 bits per heavy atom. The van der Waals surface area contributed by atoms with Crippen molar-refractivity contribution < 1.29 is 4.79 Å². The van der Waals surface area contributed by atoms with Crippen LogP contribution in [0.15, 0.2) is 30.3 Å². The van der Waals surface area contributed by atoms with Gasteiger partial charge in [0.1, 0.15) is 5.82 Å². The molecule has 0 aliphatic heterocycles. The van der Waals surface area contributed by atoms with Crippen molar-refractivity contribution in [2.45, 2.75) is 34.6 Å². The summed E-state index contributed by atoms with van der Waals surface area (Å²) in [5, 5.41) is 19.0. The molecule has 0 atom stereocenters. The van der Waals surface area contributed by atoms with E-state index >= 15 is 0 Å². The summed E-state index contributed by atoms with van der Waals surface area (Å²) < 4.78 is 1.80. The van der Waals surface area contributed by atoms with Crippen LogP contribution in [0, 0.1) is 34.6 Å². The standard InChI is InChI=1S/C21H26N6O/c1-13-6-7-18(12-14(13)2)21(28)23-11-10-22-19-8-9-20(25-24-19)27-17(5)15(3)16(4)26-27/h6-9,12H,10-11H2,1-5H3,(H,22,24)(H,23,28). The quantitative estimate of drug-likeness (QED) is 0.644. The zero-order chi connectivity index (χ0) is 20.3. The summed E-state index contributed by atoms with van der Waals surface area (Å²) in [7, 11) is 0. The van der Waals surface area contributed by atoms with Gasteiger partial charge in [0.2, 0.25) is 0 Å². The molecule has 0 radical (unpaired) electrons. The van der Waals surface area contributed by atoms with Gasteiger partial charge < -0.3 is 10.6 Å². The Hall–Kier alpha value is -3.22. The highest BCUT2D eigenvalue weighted by molar-refractivity contribution is 5.94. The molecule has 0 unspecified atom stereocenters. The summed E-state index contributed by atoms with van der Waals surface area (Å²) in [5.74, 6) is 1.26. The molecular formula is C21H26N6O. The van der Waals surface area contributed by atoms with E-state index < -0.39 is 0 Å². The largest absolute Gasteiger partial charge is 0.367 e. The lowest BCUT2D eigenvalue weighted by molar-refractivity contribution is 0.0955. The first-order chi connectivity index (χ1) is 13.4. The van der Waals surface area contributed by atoms with Crippen molar-refractivity contribution >= 4 is 11.7 Å². The number of hydrogen-bond acceptors (Lipinski definition) is 5. The number of nitrogens with zero attached hydrogens (tertiary/aromatic N) is 4. The van der Waals surface area contributed by atoms with Crippen molar-refractivity contribution in [1.29, 1.82) is 0 Å². The molecule has 7 heteroatoms. The molecular weight excluding hydrogens is 352 g/mol. The van der Waals surface area contributed by atoms with Gasteiger partial charge in [-0.05, 0) is 75.6 Å². The highest BCUT2D eigenvalue weighted by Crippen LogP contribution is 2.15. The number of amides is 1. The van der Waals surface area contributed by atoms with E-state index in [0.717, 1.165) is 22.5 Å². The molecule has 0 fully saturated rings. The third-order valence-electron chi connectivity index (χ3n) is 5.01. The van der Waals surface area contributed by atoms with Crippen molar-refractivity contribution in [3.05, 3.63) is 64.0 Å². The van der Waals surface area contributed by atoms with Gasteiger partial charge in [0, 0.05) is 24.3 Å². The molecule has 0 spiro atoms. The Labute approximate surface area is 165 Å². The molecule has 0 saturated carbocycles. The number of carbonyl (C=O) groups excluding carboxylic acids is 1. The van der Waals surface area contributed by atoms with E-state index in [1.165, 1.54) is 5.56 Å². The van der Waals surface area contributed by atoms with Gasteiger partial charge in [0.05, 0.1) is 5.69 Å². The maximum Gasteiger partial charge on any atom is 0.251 e. The Morgan fingerprint density at radius 1 is 0.964 bits per heavy atom. The highest BCUT2D eigenvalue weighted by Gasteiger charge is 2.10. The second kappa shape index (κ2) is 8.21. The fourth-order valence-electron chi connectivity index (χ4n) is 2.83. The number of carbonyl (C=O) groups is 1. The molecule has 0 aliphatic rings. The lowest BCUT2D eigenvalue weighted by Gasteiger charge is -2.09. The van der Waals surface area contributed by atoms with Gasteiger partial charge in [0.15, 0.2) is 5.82 Å². The Balaban J connectivity index is 1.52. The van der Waals surface area contributed by atoms with E-state index in [1.54, 1.807) is 4.68 Å². The Bertz CT molecular complexity index is 991. The highest BCUT2D eigenvalue weighted by atomic mass is 16.1. The van der Waals surface area contributed by atoms with Crippen molar-refractivity contribution in [2.75, 3.05) is 18.4 Å². The number of aromatic nitrogens is 4. The summed E-state index contributed by atoms with van der Waals surface area (Å²) in [6.07, 6.45) is 0. The first kappa shape index (κ1) is 19.5. The molecule has 0 aliphatic carbocycles. The second-order valence-electron chi connectivity index (χ2n) is 6.97. The van der Waals surface area contributed by atoms with Crippen molar-refractivity contribution in [1.82, 2.24) is 25.3 Å². The predicted octanol–water partition coefficient (Wildman–Crippen LogP) is 3.05. The fourth-order valence-corrected chi connectivity index (χ4v) is 2.83. The van der Waals surface area contributed by atoms with Crippen LogP contribution in [0.3, 0.4) is 0 Å². The zero-order valence-corrected chi connectivity index (χ0v) is 17.0. The molecule has 146 valence electrons. The van der Waals surface area contributed by atoms with E-state index in [4.69, 9.17) is 0 Å². The number of hydrogen-bond donors (Lipinski definition) is 2. The zero-order valence-electron chi connectivity index (χ0n) is 17.0. The summed E-state index contributed by atoms with van der Waals surface area (Å²) in [5.41, 5.74) is 6.16. The van der Waals surface area contributed by atoms with Gasteiger partial charge in [-0.15, -0.1) is 10.2 Å². The molecule has 3 rings (SSSR count). The molecule has 0 bridgehead atoms. The van der Waals surface area contributed by atoms with Crippen molar-refractivity contribution in [3.8, 4) is 5.82 Å². The topological polar surface area (TPSA) is 84.7 Å².